The third-order valence-electron chi connectivity index (χ3n) is 3.41. The lowest BCUT2D eigenvalue weighted by atomic mass is 10.2. The lowest BCUT2D eigenvalue weighted by Crippen LogP contribution is -2.36. The number of nitrogens with one attached hydrogen (secondary N) is 1. The second kappa shape index (κ2) is 6.39. The van der Waals surface area contributed by atoms with E-state index in [0.29, 0.717) is 12.0 Å². The normalized spacial score (nSPS) is 14.2. The van der Waals surface area contributed by atoms with E-state index in [4.69, 9.17) is 0 Å². The monoisotopic (exact) mass is 289 g/mol. The summed E-state index contributed by atoms with van der Waals surface area (Å²) in [6.45, 7) is 0.694. The summed E-state index contributed by atoms with van der Waals surface area (Å²) < 4.78 is 0. The Morgan fingerprint density at radius 1 is 1.24 bits per heavy atom. The van der Waals surface area contributed by atoms with E-state index >= 15 is 0 Å². The predicted octanol–water partition coefficient (Wildman–Crippen LogP) is 0.631. The molecule has 0 unspecified atom stereocenters. The van der Waals surface area contributed by atoms with Crippen LogP contribution in [0, 0.1) is 0 Å². The van der Waals surface area contributed by atoms with Gasteiger partial charge in [0.1, 0.15) is 0 Å². The summed E-state index contributed by atoms with van der Waals surface area (Å²) in [6, 6.07) is 6.84. The SMILES string of the molecule is CN(C)C(=O)CNC(=O)c1ccc(N2CCCC2=O)cc1. The molecule has 1 aromatic carbocycles. The fourth-order valence-electron chi connectivity index (χ4n) is 2.13. The van der Waals surface area contributed by atoms with Crippen molar-refractivity contribution in [3.8, 4) is 0 Å². The molecule has 0 spiro atoms. The Morgan fingerprint density at radius 2 is 1.90 bits per heavy atom. The smallest absolute Gasteiger partial charge is 0.251 e. The van der Waals surface area contributed by atoms with E-state index in [1.807, 2.05) is 0 Å². The van der Waals surface area contributed by atoms with Gasteiger partial charge < -0.3 is 15.1 Å². The van der Waals surface area contributed by atoms with Gasteiger partial charge in [-0.05, 0) is 30.7 Å². The summed E-state index contributed by atoms with van der Waals surface area (Å²) in [5.74, 6) is -0.351. The molecule has 1 aromatic rings. The predicted molar refractivity (Wildman–Crippen MR) is 79.1 cm³/mol. The van der Waals surface area contributed by atoms with Crippen LogP contribution in [-0.4, -0.2) is 49.8 Å². The average Bonchev–Trinajstić information content (AvgIpc) is 2.90. The van der Waals surface area contributed by atoms with Crippen LogP contribution < -0.4 is 10.2 Å². The molecule has 0 atom stereocenters. The van der Waals surface area contributed by atoms with Crippen molar-refractivity contribution in [3.63, 3.8) is 0 Å². The first-order valence-corrected chi connectivity index (χ1v) is 6.88. The van der Waals surface area contributed by atoms with Gasteiger partial charge in [0, 0.05) is 38.3 Å². The van der Waals surface area contributed by atoms with E-state index in [1.54, 1.807) is 43.3 Å². The van der Waals surface area contributed by atoms with Gasteiger partial charge in [0.15, 0.2) is 0 Å². The summed E-state index contributed by atoms with van der Waals surface area (Å²) in [4.78, 5) is 38.1. The molecule has 0 radical (unpaired) electrons. The highest BCUT2D eigenvalue weighted by Crippen LogP contribution is 2.21. The number of nitrogens with zero attached hydrogens (tertiary/aromatic N) is 2. The molecule has 1 aliphatic rings. The maximum absolute atomic E-state index is 11.9. The molecule has 6 nitrogen and oxygen atoms in total. The molecule has 2 rings (SSSR count). The Kier molecular flexibility index (Phi) is 4.57. The Labute approximate surface area is 123 Å². The molecular formula is C15H19N3O3. The highest BCUT2D eigenvalue weighted by molar-refractivity contribution is 5.98. The van der Waals surface area contributed by atoms with Crippen molar-refractivity contribution < 1.29 is 14.4 Å². The van der Waals surface area contributed by atoms with Gasteiger partial charge in [0.25, 0.3) is 5.91 Å². The fourth-order valence-corrected chi connectivity index (χ4v) is 2.13. The molecule has 21 heavy (non-hydrogen) atoms. The van der Waals surface area contributed by atoms with Crippen LogP contribution in [0.1, 0.15) is 23.2 Å². The molecule has 1 heterocycles. The second-order valence-corrected chi connectivity index (χ2v) is 5.17. The number of carbonyl (C=O) groups is 3. The molecule has 1 fully saturated rings. The highest BCUT2D eigenvalue weighted by Gasteiger charge is 2.21. The van der Waals surface area contributed by atoms with E-state index in [1.165, 1.54) is 4.90 Å². The summed E-state index contributed by atoms with van der Waals surface area (Å²) in [5.41, 5.74) is 1.27. The quantitative estimate of drug-likeness (QED) is 0.884. The largest absolute Gasteiger partial charge is 0.347 e. The fraction of sp³-hybridized carbons (Fsp3) is 0.400. The van der Waals surface area contributed by atoms with Crippen LogP contribution in [0.25, 0.3) is 0 Å². The van der Waals surface area contributed by atoms with Gasteiger partial charge in [0.05, 0.1) is 6.54 Å². The van der Waals surface area contributed by atoms with Gasteiger partial charge in [-0.25, -0.2) is 0 Å². The lowest BCUT2D eigenvalue weighted by Gasteiger charge is -2.16. The van der Waals surface area contributed by atoms with Crippen LogP contribution in [-0.2, 0) is 9.59 Å². The molecule has 0 aromatic heterocycles. The zero-order chi connectivity index (χ0) is 15.4. The lowest BCUT2D eigenvalue weighted by molar-refractivity contribution is -0.127. The van der Waals surface area contributed by atoms with Gasteiger partial charge in [0.2, 0.25) is 11.8 Å². The first-order chi connectivity index (χ1) is 9.99. The van der Waals surface area contributed by atoms with Crippen LogP contribution in [0.15, 0.2) is 24.3 Å². The van der Waals surface area contributed by atoms with E-state index in [9.17, 15) is 14.4 Å². The summed E-state index contributed by atoms with van der Waals surface area (Å²) >= 11 is 0. The van der Waals surface area contributed by atoms with Gasteiger partial charge in [-0.15, -0.1) is 0 Å². The number of rotatable bonds is 4. The van der Waals surface area contributed by atoms with Crippen molar-refractivity contribution in [2.45, 2.75) is 12.8 Å². The molecule has 6 heteroatoms. The molecule has 1 saturated heterocycles. The van der Waals surface area contributed by atoms with Gasteiger partial charge in [-0.2, -0.15) is 0 Å². The number of hydrogen-bond donors (Lipinski definition) is 1. The average molecular weight is 289 g/mol. The van der Waals surface area contributed by atoms with Crippen molar-refractivity contribution in [2.75, 3.05) is 32.1 Å². The summed E-state index contributed by atoms with van der Waals surface area (Å²) in [7, 11) is 3.27. The third kappa shape index (κ3) is 3.59. The minimum absolute atomic E-state index is 0.0296. The molecule has 112 valence electrons. The molecular weight excluding hydrogens is 270 g/mol. The standard InChI is InChI=1S/C15H19N3O3/c1-17(2)14(20)10-16-15(21)11-5-7-12(8-6-11)18-9-3-4-13(18)19/h5-8H,3-4,9-10H2,1-2H3,(H,16,21). The minimum atomic E-state index is -0.301. The zero-order valence-electron chi connectivity index (χ0n) is 12.3. The van der Waals surface area contributed by atoms with Crippen molar-refractivity contribution in [1.29, 1.82) is 0 Å². The number of likely N-dealkylation sites (N-methyl/N-ethyl adjacent to an activating group) is 1. The molecule has 0 aliphatic carbocycles. The van der Waals surface area contributed by atoms with E-state index in [0.717, 1.165) is 18.7 Å². The summed E-state index contributed by atoms with van der Waals surface area (Å²) in [6.07, 6.45) is 1.45. The van der Waals surface area contributed by atoms with Crippen molar-refractivity contribution in [3.05, 3.63) is 29.8 Å². The van der Waals surface area contributed by atoms with Crippen LogP contribution in [0.3, 0.4) is 0 Å². The van der Waals surface area contributed by atoms with Crippen LogP contribution >= 0.6 is 0 Å². The Balaban J connectivity index is 1.97. The molecule has 0 bridgehead atoms. The molecule has 1 N–H and O–H groups in total. The third-order valence-corrected chi connectivity index (χ3v) is 3.41. The first-order valence-electron chi connectivity index (χ1n) is 6.88. The van der Waals surface area contributed by atoms with Crippen molar-refractivity contribution in [1.82, 2.24) is 10.2 Å². The van der Waals surface area contributed by atoms with Crippen molar-refractivity contribution in [2.24, 2.45) is 0 Å². The number of amides is 3. The maximum atomic E-state index is 11.9. The Bertz CT molecular complexity index is 552. The molecule has 0 saturated carbocycles. The Morgan fingerprint density at radius 3 is 2.43 bits per heavy atom. The second-order valence-electron chi connectivity index (χ2n) is 5.17. The number of anilines is 1. The van der Waals surface area contributed by atoms with E-state index in [-0.39, 0.29) is 24.3 Å². The Hall–Kier alpha value is -2.37. The number of benzene rings is 1. The number of hydrogen-bond acceptors (Lipinski definition) is 3. The van der Waals surface area contributed by atoms with E-state index in [2.05, 4.69) is 5.32 Å². The highest BCUT2D eigenvalue weighted by atomic mass is 16.2. The topological polar surface area (TPSA) is 69.7 Å². The minimum Gasteiger partial charge on any atom is -0.347 e. The molecule has 1 aliphatic heterocycles. The van der Waals surface area contributed by atoms with Crippen LogP contribution in [0.2, 0.25) is 0 Å². The van der Waals surface area contributed by atoms with Gasteiger partial charge in [-0.1, -0.05) is 0 Å². The van der Waals surface area contributed by atoms with Crippen LogP contribution in [0.4, 0.5) is 5.69 Å². The van der Waals surface area contributed by atoms with Gasteiger partial charge >= 0.3 is 0 Å². The first kappa shape index (κ1) is 15.0. The van der Waals surface area contributed by atoms with E-state index < -0.39 is 0 Å². The van der Waals surface area contributed by atoms with Crippen molar-refractivity contribution >= 4 is 23.4 Å². The zero-order valence-corrected chi connectivity index (χ0v) is 12.3. The molecule has 3 amide bonds. The number of carbonyl (C=O) groups excluding carboxylic acids is 3. The summed E-state index contributed by atoms with van der Waals surface area (Å²) in [5, 5.41) is 2.57. The van der Waals surface area contributed by atoms with Gasteiger partial charge in [-0.3, -0.25) is 14.4 Å². The maximum Gasteiger partial charge on any atom is 0.251 e. The van der Waals surface area contributed by atoms with Crippen LogP contribution in [0.5, 0.6) is 0 Å².